The number of esters is 2. The van der Waals surface area contributed by atoms with Crippen molar-refractivity contribution in [2.45, 2.75) is 25.3 Å². The van der Waals surface area contributed by atoms with Crippen LogP contribution in [0.3, 0.4) is 0 Å². The number of hydrogen-bond acceptors (Lipinski definition) is 9. The van der Waals surface area contributed by atoms with Crippen LogP contribution in [0.15, 0.2) is 10.6 Å². The van der Waals surface area contributed by atoms with E-state index >= 15 is 0 Å². The van der Waals surface area contributed by atoms with Gasteiger partial charge in [-0.25, -0.2) is 9.59 Å². The van der Waals surface area contributed by atoms with Gasteiger partial charge in [-0.3, -0.25) is 14.5 Å². The van der Waals surface area contributed by atoms with Crippen molar-refractivity contribution < 1.29 is 38.5 Å². The molecule has 0 radical (unpaired) electrons. The third-order valence-electron chi connectivity index (χ3n) is 3.36. The Morgan fingerprint density at radius 2 is 2.00 bits per heavy atom. The summed E-state index contributed by atoms with van der Waals surface area (Å²) in [6.07, 6.45) is -1.94. The minimum absolute atomic E-state index is 0.111. The Morgan fingerprint density at radius 1 is 1.33 bits per heavy atom. The lowest BCUT2D eigenvalue weighted by molar-refractivity contribution is -0.168. The van der Waals surface area contributed by atoms with Crippen LogP contribution in [-0.4, -0.2) is 58.8 Å². The fraction of sp³-hybridized carbons (Fsp3) is 0.538. The number of aliphatic hydroxyl groups excluding tert-OH is 1. The molecule has 2 heterocycles. The van der Waals surface area contributed by atoms with Crippen molar-refractivity contribution in [1.29, 1.82) is 0 Å². The molecule has 0 saturated carbocycles. The summed E-state index contributed by atoms with van der Waals surface area (Å²) >= 11 is 1.10. The molecule has 10 nitrogen and oxygen atoms in total. The first-order chi connectivity index (χ1) is 11.2. The normalized spacial score (nSPS) is 23.3. The maximum absolute atomic E-state index is 12.2. The molecule has 3 N–H and O–H groups in total. The number of thioether (sulfide) groups is 1. The minimum atomic E-state index is -1.04. The quantitative estimate of drug-likeness (QED) is 0.355. The number of primary amides is 1. The van der Waals surface area contributed by atoms with Gasteiger partial charge in [-0.15, -0.1) is 0 Å². The predicted octanol–water partition coefficient (Wildman–Crippen LogP) is -0.731. The number of carbonyl (C=O) groups excluding carboxylic acids is 4. The highest BCUT2D eigenvalue weighted by atomic mass is 32.2. The zero-order chi connectivity index (χ0) is 18.0. The minimum Gasteiger partial charge on any atom is -0.444 e. The fourth-order valence-corrected chi connectivity index (χ4v) is 3.83. The first-order valence-electron chi connectivity index (χ1n) is 6.87. The summed E-state index contributed by atoms with van der Waals surface area (Å²) in [5, 5.41) is 9.16. The number of carbonyl (C=O) groups is 4. The van der Waals surface area contributed by atoms with Gasteiger partial charge in [-0.2, -0.15) is 0 Å². The number of hydrogen-bond donors (Lipinski definition) is 2. The van der Waals surface area contributed by atoms with Crippen LogP contribution in [0.4, 0.5) is 4.79 Å². The summed E-state index contributed by atoms with van der Waals surface area (Å²) in [6.45, 7) is 1.69. The molecule has 3 atom stereocenters. The number of ether oxygens (including phenoxy) is 3. The van der Waals surface area contributed by atoms with Crippen LogP contribution >= 0.6 is 11.8 Å². The number of aliphatic hydroxyl groups is 1. The topological polar surface area (TPSA) is 145 Å². The van der Waals surface area contributed by atoms with Gasteiger partial charge >= 0.3 is 18.0 Å². The van der Waals surface area contributed by atoms with E-state index in [9.17, 15) is 24.3 Å². The Hall–Kier alpha value is -2.27. The molecule has 0 aliphatic carbocycles. The fourth-order valence-electron chi connectivity index (χ4n) is 2.32. The van der Waals surface area contributed by atoms with E-state index in [0.29, 0.717) is 0 Å². The molecule has 2 rings (SSSR count). The Labute approximate surface area is 140 Å². The van der Waals surface area contributed by atoms with Gasteiger partial charge in [0, 0.05) is 6.92 Å². The average molecular weight is 360 g/mol. The maximum Gasteiger partial charge on any atom is 0.404 e. The maximum atomic E-state index is 12.2. The largest absolute Gasteiger partial charge is 0.444 e. The third kappa shape index (κ3) is 3.46. The Kier molecular flexibility index (Phi) is 5.34. The highest BCUT2D eigenvalue weighted by Crippen LogP contribution is 2.50. The van der Waals surface area contributed by atoms with Crippen LogP contribution in [0.25, 0.3) is 0 Å². The summed E-state index contributed by atoms with van der Waals surface area (Å²) in [6, 6.07) is 0. The van der Waals surface area contributed by atoms with Gasteiger partial charge in [-0.1, -0.05) is 11.8 Å². The van der Waals surface area contributed by atoms with Crippen molar-refractivity contribution >= 4 is 35.7 Å². The molecule has 2 aliphatic rings. The van der Waals surface area contributed by atoms with Crippen LogP contribution in [-0.2, 0) is 28.6 Å². The monoisotopic (exact) mass is 360 g/mol. The lowest BCUT2D eigenvalue weighted by atomic mass is 9.92. The van der Waals surface area contributed by atoms with E-state index in [1.165, 1.54) is 6.92 Å². The molecular weight excluding hydrogens is 344 g/mol. The van der Waals surface area contributed by atoms with E-state index in [1.807, 2.05) is 0 Å². The van der Waals surface area contributed by atoms with Crippen molar-refractivity contribution in [2.75, 3.05) is 13.4 Å². The predicted molar refractivity (Wildman–Crippen MR) is 78.7 cm³/mol. The van der Waals surface area contributed by atoms with Gasteiger partial charge < -0.3 is 25.1 Å². The smallest absolute Gasteiger partial charge is 0.404 e. The van der Waals surface area contributed by atoms with Crippen molar-refractivity contribution in [2.24, 2.45) is 11.7 Å². The van der Waals surface area contributed by atoms with Crippen LogP contribution < -0.4 is 5.73 Å². The lowest BCUT2D eigenvalue weighted by Gasteiger charge is -2.43. The molecule has 1 unspecified atom stereocenters. The van der Waals surface area contributed by atoms with Crippen LogP contribution in [0.2, 0.25) is 0 Å². The van der Waals surface area contributed by atoms with Crippen LogP contribution in [0.5, 0.6) is 0 Å². The summed E-state index contributed by atoms with van der Waals surface area (Å²) in [4.78, 5) is 47.2. The van der Waals surface area contributed by atoms with Gasteiger partial charge in [0.25, 0.3) is 0 Å². The lowest BCUT2D eigenvalue weighted by Crippen LogP contribution is -2.60. The summed E-state index contributed by atoms with van der Waals surface area (Å²) in [5.41, 5.74) is 4.80. The molecule has 11 heteroatoms. The highest BCUT2D eigenvalue weighted by molar-refractivity contribution is 8.04. The van der Waals surface area contributed by atoms with E-state index in [4.69, 9.17) is 10.5 Å². The second-order valence-corrected chi connectivity index (χ2v) is 6.26. The first-order valence-corrected chi connectivity index (χ1v) is 7.75. The highest BCUT2D eigenvalue weighted by Gasteiger charge is 2.57. The molecule has 24 heavy (non-hydrogen) atoms. The van der Waals surface area contributed by atoms with E-state index in [1.54, 1.807) is 0 Å². The second kappa shape index (κ2) is 7.09. The van der Waals surface area contributed by atoms with Crippen molar-refractivity contribution in [1.82, 2.24) is 4.90 Å². The molecule has 132 valence electrons. The standard InChI is InChI=1S/C13H16N2O8S/c1-5(16)8-10(18)15-9(12(19)23-4-22-6(2)17)7(24-11(8)15)3-21-13(14)20/h5,8,11,16H,3-4H2,1-2H3,(H2,14,20)/t5-,8+,11?/m0/s1. The van der Waals surface area contributed by atoms with Crippen molar-refractivity contribution in [3.8, 4) is 0 Å². The van der Waals surface area contributed by atoms with Crippen molar-refractivity contribution in [3.63, 3.8) is 0 Å². The molecule has 2 amide bonds. The molecule has 0 spiro atoms. The Bertz CT molecular complexity index is 617. The average Bonchev–Trinajstić information content (AvgIpc) is 2.78. The number of nitrogens with zero attached hydrogens (tertiary/aromatic N) is 1. The van der Waals surface area contributed by atoms with E-state index in [2.05, 4.69) is 9.47 Å². The first kappa shape index (κ1) is 18.1. The number of nitrogens with two attached hydrogens (primary N) is 1. The zero-order valence-corrected chi connectivity index (χ0v) is 13.7. The van der Waals surface area contributed by atoms with Gasteiger partial charge in [0.15, 0.2) is 0 Å². The molecule has 2 aliphatic heterocycles. The second-order valence-electron chi connectivity index (χ2n) is 5.05. The number of fused-ring (bicyclic) bond motifs is 1. The van der Waals surface area contributed by atoms with E-state index < -0.39 is 48.1 Å². The number of amides is 2. The van der Waals surface area contributed by atoms with Crippen LogP contribution in [0, 0.1) is 5.92 Å². The van der Waals surface area contributed by atoms with Crippen LogP contribution in [0.1, 0.15) is 13.8 Å². The summed E-state index contributed by atoms with van der Waals surface area (Å²) < 4.78 is 14.0. The van der Waals surface area contributed by atoms with Gasteiger partial charge in [-0.05, 0) is 6.92 Å². The third-order valence-corrected chi connectivity index (χ3v) is 4.70. The molecule has 0 bridgehead atoms. The molecule has 0 aromatic heterocycles. The number of rotatable bonds is 6. The van der Waals surface area contributed by atoms with E-state index in [-0.39, 0.29) is 17.2 Å². The molecule has 1 saturated heterocycles. The van der Waals surface area contributed by atoms with Crippen molar-refractivity contribution in [3.05, 3.63) is 10.6 Å². The molecular formula is C13H16N2O8S. The Balaban J connectivity index is 2.15. The molecule has 0 aromatic carbocycles. The summed E-state index contributed by atoms with van der Waals surface area (Å²) in [5.74, 6) is -2.68. The number of β-lactam (4-membered cyclic amide) rings is 1. The molecule has 1 fully saturated rings. The van der Waals surface area contributed by atoms with Gasteiger partial charge in [0.05, 0.1) is 16.9 Å². The molecule has 0 aromatic rings. The SMILES string of the molecule is CC(=O)OCOC(=O)C1=C(COC(N)=O)SC2[C@H]([C@H](C)O)C(=O)N12. The zero-order valence-electron chi connectivity index (χ0n) is 12.9. The van der Waals surface area contributed by atoms with Gasteiger partial charge in [0.2, 0.25) is 12.7 Å². The van der Waals surface area contributed by atoms with E-state index in [0.717, 1.165) is 23.6 Å². The summed E-state index contributed by atoms with van der Waals surface area (Å²) in [7, 11) is 0. The Morgan fingerprint density at radius 3 is 2.54 bits per heavy atom. The van der Waals surface area contributed by atoms with Gasteiger partial charge in [0.1, 0.15) is 17.7 Å².